The molecule has 0 saturated carbocycles. The maximum atomic E-state index is 5.80. The fraction of sp³-hybridized carbons (Fsp3) is 1.00. The molecule has 1 N–H and O–H groups in total. The highest BCUT2D eigenvalue weighted by Crippen LogP contribution is 2.20. The molecule has 3 nitrogen and oxygen atoms in total. The predicted octanol–water partition coefficient (Wildman–Crippen LogP) is 0.705. The van der Waals surface area contributed by atoms with Crippen LogP contribution in [0.25, 0.3) is 0 Å². The van der Waals surface area contributed by atoms with E-state index in [1.165, 1.54) is 0 Å². The molecule has 0 radical (unpaired) electrons. The molecule has 1 rings (SSSR count). The third-order valence-electron chi connectivity index (χ3n) is 2.84. The van der Waals surface area contributed by atoms with Crippen LogP contribution < -0.4 is 5.32 Å². The molecule has 13 heavy (non-hydrogen) atoms. The number of hydrogen-bond donors (Lipinski definition) is 1. The van der Waals surface area contributed by atoms with Gasteiger partial charge in [0.05, 0.1) is 12.2 Å². The van der Waals surface area contributed by atoms with Gasteiger partial charge < -0.3 is 15.0 Å². The molecule has 0 aromatic heterocycles. The van der Waals surface area contributed by atoms with E-state index in [1.807, 2.05) is 0 Å². The lowest BCUT2D eigenvalue weighted by atomic mass is 9.96. The SMILES string of the molecule is CC(C[C@@]1(C)CNCCO1)N(C)C. The Labute approximate surface area is 81.4 Å². The highest BCUT2D eigenvalue weighted by Gasteiger charge is 2.29. The monoisotopic (exact) mass is 186 g/mol. The van der Waals surface area contributed by atoms with Gasteiger partial charge in [-0.2, -0.15) is 0 Å². The molecule has 0 aromatic carbocycles. The van der Waals surface area contributed by atoms with Crippen LogP contribution in [0.2, 0.25) is 0 Å². The number of hydrogen-bond acceptors (Lipinski definition) is 3. The molecule has 2 atom stereocenters. The minimum absolute atomic E-state index is 0.0297. The Hall–Kier alpha value is -0.120. The number of morpholine rings is 1. The second kappa shape index (κ2) is 4.40. The predicted molar refractivity (Wildman–Crippen MR) is 55.0 cm³/mol. The zero-order valence-electron chi connectivity index (χ0n) is 9.26. The lowest BCUT2D eigenvalue weighted by Crippen LogP contribution is -2.50. The van der Waals surface area contributed by atoms with E-state index in [0.29, 0.717) is 6.04 Å². The zero-order valence-corrected chi connectivity index (χ0v) is 9.26. The smallest absolute Gasteiger partial charge is 0.0793 e. The van der Waals surface area contributed by atoms with Gasteiger partial charge in [-0.1, -0.05) is 0 Å². The van der Waals surface area contributed by atoms with Gasteiger partial charge in [0.2, 0.25) is 0 Å². The summed E-state index contributed by atoms with van der Waals surface area (Å²) < 4.78 is 5.80. The average molecular weight is 186 g/mol. The van der Waals surface area contributed by atoms with Crippen molar-refractivity contribution in [1.82, 2.24) is 10.2 Å². The van der Waals surface area contributed by atoms with E-state index in [-0.39, 0.29) is 5.60 Å². The summed E-state index contributed by atoms with van der Waals surface area (Å²) in [6.45, 7) is 7.25. The van der Waals surface area contributed by atoms with Crippen molar-refractivity contribution in [2.24, 2.45) is 0 Å². The van der Waals surface area contributed by atoms with Crippen LogP contribution in [-0.4, -0.2) is 50.3 Å². The Morgan fingerprint density at radius 2 is 2.23 bits per heavy atom. The molecule has 78 valence electrons. The molecule has 1 aliphatic rings. The first-order chi connectivity index (χ1) is 6.03. The van der Waals surface area contributed by atoms with Gasteiger partial charge in [0.25, 0.3) is 0 Å². The lowest BCUT2D eigenvalue weighted by Gasteiger charge is -2.37. The molecule has 1 heterocycles. The second-order valence-electron chi connectivity index (χ2n) is 4.49. The maximum Gasteiger partial charge on any atom is 0.0793 e. The van der Waals surface area contributed by atoms with E-state index in [9.17, 15) is 0 Å². The second-order valence-corrected chi connectivity index (χ2v) is 4.49. The van der Waals surface area contributed by atoms with E-state index in [4.69, 9.17) is 4.74 Å². The first-order valence-electron chi connectivity index (χ1n) is 5.05. The highest BCUT2D eigenvalue weighted by atomic mass is 16.5. The summed E-state index contributed by atoms with van der Waals surface area (Å²) >= 11 is 0. The summed E-state index contributed by atoms with van der Waals surface area (Å²) in [5.74, 6) is 0. The molecule has 1 aliphatic heterocycles. The third-order valence-corrected chi connectivity index (χ3v) is 2.84. The van der Waals surface area contributed by atoms with Crippen LogP contribution in [0.15, 0.2) is 0 Å². The first kappa shape index (κ1) is 11.0. The molecular weight excluding hydrogens is 164 g/mol. The van der Waals surface area contributed by atoms with Crippen LogP contribution in [0, 0.1) is 0 Å². The molecule has 1 unspecified atom stereocenters. The van der Waals surface area contributed by atoms with Crippen molar-refractivity contribution < 1.29 is 4.74 Å². The van der Waals surface area contributed by atoms with Crippen LogP contribution in [0.4, 0.5) is 0 Å². The number of ether oxygens (including phenoxy) is 1. The van der Waals surface area contributed by atoms with Gasteiger partial charge in [0.15, 0.2) is 0 Å². The van der Waals surface area contributed by atoms with Gasteiger partial charge >= 0.3 is 0 Å². The summed E-state index contributed by atoms with van der Waals surface area (Å²) in [5.41, 5.74) is 0.0297. The number of nitrogens with one attached hydrogen (secondary N) is 1. The van der Waals surface area contributed by atoms with Gasteiger partial charge in [-0.15, -0.1) is 0 Å². The van der Waals surface area contributed by atoms with Crippen molar-refractivity contribution in [3.05, 3.63) is 0 Å². The van der Waals surface area contributed by atoms with Crippen molar-refractivity contribution in [2.45, 2.75) is 31.9 Å². The molecule has 1 fully saturated rings. The van der Waals surface area contributed by atoms with Crippen molar-refractivity contribution in [3.63, 3.8) is 0 Å². The largest absolute Gasteiger partial charge is 0.373 e. The summed E-state index contributed by atoms with van der Waals surface area (Å²) in [6.07, 6.45) is 1.09. The topological polar surface area (TPSA) is 24.5 Å². The molecular formula is C10H22N2O. The van der Waals surface area contributed by atoms with Gasteiger partial charge in [0.1, 0.15) is 0 Å². The van der Waals surface area contributed by atoms with Gasteiger partial charge in [-0.3, -0.25) is 0 Å². The molecule has 0 aromatic rings. The minimum atomic E-state index is 0.0297. The van der Waals surface area contributed by atoms with E-state index in [2.05, 4.69) is 38.2 Å². The zero-order chi connectivity index (χ0) is 9.90. The fourth-order valence-electron chi connectivity index (χ4n) is 1.71. The van der Waals surface area contributed by atoms with Crippen LogP contribution in [0.1, 0.15) is 20.3 Å². The molecule has 1 saturated heterocycles. The molecule has 0 bridgehead atoms. The number of rotatable bonds is 3. The normalized spacial score (nSPS) is 32.1. The van der Waals surface area contributed by atoms with Crippen molar-refractivity contribution in [3.8, 4) is 0 Å². The summed E-state index contributed by atoms with van der Waals surface area (Å²) in [6, 6.07) is 0.574. The molecule has 3 heteroatoms. The Kier molecular flexibility index (Phi) is 3.71. The maximum absolute atomic E-state index is 5.80. The van der Waals surface area contributed by atoms with Gasteiger partial charge in [-0.25, -0.2) is 0 Å². The molecule has 0 aliphatic carbocycles. The Bertz CT molecular complexity index is 153. The quantitative estimate of drug-likeness (QED) is 0.702. The third kappa shape index (κ3) is 3.25. The van der Waals surface area contributed by atoms with Crippen LogP contribution in [-0.2, 0) is 4.74 Å². The van der Waals surface area contributed by atoms with Gasteiger partial charge in [-0.05, 0) is 34.4 Å². The standard InChI is InChI=1S/C10H22N2O/c1-9(12(3)4)7-10(2)8-11-5-6-13-10/h9,11H,5-8H2,1-4H3/t9?,10-/m0/s1. The molecule has 0 amide bonds. The Morgan fingerprint density at radius 1 is 1.54 bits per heavy atom. The molecule has 0 spiro atoms. The fourth-order valence-corrected chi connectivity index (χ4v) is 1.71. The Balaban J connectivity index is 2.40. The van der Waals surface area contributed by atoms with Crippen molar-refractivity contribution >= 4 is 0 Å². The van der Waals surface area contributed by atoms with Gasteiger partial charge in [0, 0.05) is 19.1 Å². The first-order valence-corrected chi connectivity index (χ1v) is 5.05. The van der Waals surface area contributed by atoms with Crippen LogP contribution in [0.3, 0.4) is 0 Å². The van der Waals surface area contributed by atoms with Crippen molar-refractivity contribution in [1.29, 1.82) is 0 Å². The van der Waals surface area contributed by atoms with Crippen molar-refractivity contribution in [2.75, 3.05) is 33.8 Å². The van der Waals surface area contributed by atoms with E-state index in [0.717, 1.165) is 26.1 Å². The Morgan fingerprint density at radius 3 is 2.69 bits per heavy atom. The minimum Gasteiger partial charge on any atom is -0.373 e. The highest BCUT2D eigenvalue weighted by molar-refractivity contribution is 4.85. The van der Waals surface area contributed by atoms with Crippen LogP contribution >= 0.6 is 0 Å². The summed E-state index contributed by atoms with van der Waals surface area (Å²) in [4.78, 5) is 2.24. The number of nitrogens with zero attached hydrogens (tertiary/aromatic N) is 1. The summed E-state index contributed by atoms with van der Waals surface area (Å²) in [5, 5.41) is 3.38. The van der Waals surface area contributed by atoms with E-state index >= 15 is 0 Å². The van der Waals surface area contributed by atoms with E-state index < -0.39 is 0 Å². The lowest BCUT2D eigenvalue weighted by molar-refractivity contribution is -0.0677. The van der Waals surface area contributed by atoms with Crippen LogP contribution in [0.5, 0.6) is 0 Å². The van der Waals surface area contributed by atoms with E-state index in [1.54, 1.807) is 0 Å². The summed E-state index contributed by atoms with van der Waals surface area (Å²) in [7, 11) is 4.23. The average Bonchev–Trinajstić information content (AvgIpc) is 2.04.